The molecular weight excluding hydrogens is 180 g/mol. The number of nitrogens with zero attached hydrogens (tertiary/aromatic N) is 2. The van der Waals surface area contributed by atoms with E-state index in [0.717, 1.165) is 5.56 Å². The summed E-state index contributed by atoms with van der Waals surface area (Å²) in [5.41, 5.74) is 1.14. The van der Waals surface area contributed by atoms with Gasteiger partial charge in [-0.2, -0.15) is 5.26 Å². The Labute approximate surface area is 81.8 Å². The highest BCUT2D eigenvalue weighted by atomic mass is 16.4. The number of hydrogen-bond donors (Lipinski definition) is 1. The largest absolute Gasteiger partial charge is 0.481 e. The molecule has 1 aromatic rings. The normalized spacial score (nSPS) is 11.7. The van der Waals surface area contributed by atoms with Crippen LogP contribution in [-0.2, 0) is 11.2 Å². The number of aromatic nitrogens is 1. The zero-order valence-electron chi connectivity index (χ0n) is 7.77. The second kappa shape index (κ2) is 4.38. The Morgan fingerprint density at radius 3 is 3.07 bits per heavy atom. The molecule has 0 amide bonds. The monoisotopic (exact) mass is 190 g/mol. The lowest BCUT2D eigenvalue weighted by atomic mass is 10.0. The fourth-order valence-corrected chi connectivity index (χ4v) is 1.10. The molecule has 0 aliphatic rings. The summed E-state index contributed by atoms with van der Waals surface area (Å²) in [6.07, 6.45) is 1.94. The van der Waals surface area contributed by atoms with Crippen LogP contribution in [0.1, 0.15) is 18.2 Å². The maximum Gasteiger partial charge on any atom is 0.306 e. The molecule has 1 unspecified atom stereocenters. The van der Waals surface area contributed by atoms with E-state index in [9.17, 15) is 4.79 Å². The van der Waals surface area contributed by atoms with Crippen molar-refractivity contribution >= 4 is 5.97 Å². The van der Waals surface area contributed by atoms with Crippen molar-refractivity contribution in [1.29, 1.82) is 5.26 Å². The third-order valence-electron chi connectivity index (χ3n) is 1.90. The third kappa shape index (κ3) is 2.56. The van der Waals surface area contributed by atoms with Crippen LogP contribution in [0.5, 0.6) is 0 Å². The molecule has 4 heteroatoms. The first-order valence-electron chi connectivity index (χ1n) is 4.21. The van der Waals surface area contributed by atoms with Gasteiger partial charge in [-0.05, 0) is 24.1 Å². The molecule has 0 saturated heterocycles. The number of carboxylic acids is 1. The molecule has 0 fully saturated rings. The van der Waals surface area contributed by atoms with Crippen molar-refractivity contribution < 1.29 is 9.90 Å². The summed E-state index contributed by atoms with van der Waals surface area (Å²) in [6, 6.07) is 5.24. The Morgan fingerprint density at radius 2 is 2.50 bits per heavy atom. The maximum absolute atomic E-state index is 10.6. The Morgan fingerprint density at radius 1 is 1.79 bits per heavy atom. The van der Waals surface area contributed by atoms with Crippen LogP contribution in [-0.4, -0.2) is 16.1 Å². The average Bonchev–Trinajstić information content (AvgIpc) is 2.18. The lowest BCUT2D eigenvalue weighted by Gasteiger charge is -2.05. The number of nitriles is 1. The fourth-order valence-electron chi connectivity index (χ4n) is 1.10. The zero-order valence-corrected chi connectivity index (χ0v) is 7.77. The fraction of sp³-hybridized carbons (Fsp3) is 0.300. The number of carboxylic acid groups (broad SMARTS) is 1. The summed E-state index contributed by atoms with van der Waals surface area (Å²) in [6.45, 7) is 1.63. The molecule has 0 aliphatic carbocycles. The van der Waals surface area contributed by atoms with Gasteiger partial charge in [0, 0.05) is 6.20 Å². The Bertz CT molecular complexity index is 382. The molecule has 1 heterocycles. The SMILES string of the molecule is CC(Cc1ccnc(C#N)c1)C(=O)O. The average molecular weight is 190 g/mol. The molecule has 0 aromatic carbocycles. The number of hydrogen-bond acceptors (Lipinski definition) is 3. The van der Waals surface area contributed by atoms with Crippen molar-refractivity contribution in [3.05, 3.63) is 29.6 Å². The van der Waals surface area contributed by atoms with Gasteiger partial charge in [-0.1, -0.05) is 6.92 Å². The molecule has 0 bridgehead atoms. The molecule has 1 aromatic heterocycles. The zero-order chi connectivity index (χ0) is 10.6. The van der Waals surface area contributed by atoms with E-state index in [2.05, 4.69) is 4.98 Å². The van der Waals surface area contributed by atoms with Crippen molar-refractivity contribution in [2.45, 2.75) is 13.3 Å². The van der Waals surface area contributed by atoms with Crippen molar-refractivity contribution in [1.82, 2.24) is 4.98 Å². The van der Waals surface area contributed by atoms with Gasteiger partial charge in [-0.15, -0.1) is 0 Å². The molecule has 4 nitrogen and oxygen atoms in total. The smallest absolute Gasteiger partial charge is 0.306 e. The van der Waals surface area contributed by atoms with Crippen molar-refractivity contribution in [3.63, 3.8) is 0 Å². The van der Waals surface area contributed by atoms with Gasteiger partial charge >= 0.3 is 5.97 Å². The van der Waals surface area contributed by atoms with E-state index in [1.165, 1.54) is 6.20 Å². The number of pyridine rings is 1. The van der Waals surface area contributed by atoms with Gasteiger partial charge in [0.1, 0.15) is 11.8 Å². The molecular formula is C10H10N2O2. The molecule has 0 spiro atoms. The van der Waals surface area contributed by atoms with Crippen LogP contribution in [0.2, 0.25) is 0 Å². The molecule has 14 heavy (non-hydrogen) atoms. The highest BCUT2D eigenvalue weighted by molar-refractivity contribution is 5.69. The summed E-state index contributed by atoms with van der Waals surface area (Å²) in [4.78, 5) is 14.4. The van der Waals surface area contributed by atoms with Gasteiger partial charge in [0.2, 0.25) is 0 Å². The van der Waals surface area contributed by atoms with Gasteiger partial charge in [0.25, 0.3) is 0 Å². The van der Waals surface area contributed by atoms with Crippen LogP contribution in [0.3, 0.4) is 0 Å². The summed E-state index contributed by atoms with van der Waals surface area (Å²) >= 11 is 0. The summed E-state index contributed by atoms with van der Waals surface area (Å²) < 4.78 is 0. The van der Waals surface area contributed by atoms with Crippen molar-refractivity contribution in [3.8, 4) is 6.07 Å². The van der Waals surface area contributed by atoms with E-state index in [4.69, 9.17) is 10.4 Å². The first-order chi connectivity index (χ1) is 6.63. The molecule has 1 N–H and O–H groups in total. The lowest BCUT2D eigenvalue weighted by molar-refractivity contribution is -0.141. The Balaban J connectivity index is 2.78. The van der Waals surface area contributed by atoms with Crippen LogP contribution < -0.4 is 0 Å². The predicted octanol–water partition coefficient (Wildman–Crippen LogP) is 1.22. The Kier molecular flexibility index (Phi) is 3.19. The van der Waals surface area contributed by atoms with Crippen LogP contribution in [0.4, 0.5) is 0 Å². The first-order valence-corrected chi connectivity index (χ1v) is 4.21. The number of carbonyl (C=O) groups is 1. The molecule has 1 atom stereocenters. The van der Waals surface area contributed by atoms with Crippen LogP contribution in [0, 0.1) is 17.2 Å². The van der Waals surface area contributed by atoms with Crippen molar-refractivity contribution in [2.75, 3.05) is 0 Å². The van der Waals surface area contributed by atoms with E-state index in [-0.39, 0.29) is 0 Å². The summed E-state index contributed by atoms with van der Waals surface area (Å²) in [5.74, 6) is -1.27. The highest BCUT2D eigenvalue weighted by Crippen LogP contribution is 2.08. The van der Waals surface area contributed by atoms with E-state index >= 15 is 0 Å². The van der Waals surface area contributed by atoms with Crippen LogP contribution in [0.15, 0.2) is 18.3 Å². The molecule has 72 valence electrons. The van der Waals surface area contributed by atoms with E-state index in [1.54, 1.807) is 19.1 Å². The quantitative estimate of drug-likeness (QED) is 0.777. The minimum absolute atomic E-state index is 0.320. The highest BCUT2D eigenvalue weighted by Gasteiger charge is 2.11. The second-order valence-corrected chi connectivity index (χ2v) is 3.10. The van der Waals surface area contributed by atoms with Gasteiger partial charge in [0.15, 0.2) is 0 Å². The topological polar surface area (TPSA) is 74.0 Å². The van der Waals surface area contributed by atoms with Crippen LogP contribution >= 0.6 is 0 Å². The number of aliphatic carboxylic acids is 1. The minimum Gasteiger partial charge on any atom is -0.481 e. The second-order valence-electron chi connectivity index (χ2n) is 3.10. The van der Waals surface area contributed by atoms with Gasteiger partial charge in [0.05, 0.1) is 5.92 Å². The number of rotatable bonds is 3. The van der Waals surface area contributed by atoms with Gasteiger partial charge < -0.3 is 5.11 Å². The van der Waals surface area contributed by atoms with E-state index in [1.807, 2.05) is 6.07 Å². The third-order valence-corrected chi connectivity index (χ3v) is 1.90. The maximum atomic E-state index is 10.6. The Hall–Kier alpha value is -1.89. The molecule has 0 aliphatic heterocycles. The van der Waals surface area contributed by atoms with E-state index in [0.29, 0.717) is 12.1 Å². The molecule has 0 radical (unpaired) electrons. The first kappa shape index (κ1) is 10.2. The van der Waals surface area contributed by atoms with Gasteiger partial charge in [-0.3, -0.25) is 4.79 Å². The summed E-state index contributed by atoms with van der Waals surface area (Å²) in [7, 11) is 0. The minimum atomic E-state index is -0.833. The van der Waals surface area contributed by atoms with Crippen molar-refractivity contribution in [2.24, 2.45) is 5.92 Å². The lowest BCUT2D eigenvalue weighted by Crippen LogP contribution is -2.12. The van der Waals surface area contributed by atoms with E-state index < -0.39 is 11.9 Å². The van der Waals surface area contributed by atoms with Crippen LogP contribution in [0.25, 0.3) is 0 Å². The molecule has 0 saturated carbocycles. The standard InChI is InChI=1S/C10H10N2O2/c1-7(10(13)14)4-8-2-3-12-9(5-8)6-11/h2-3,5,7H,4H2,1H3,(H,13,14). The molecule has 1 rings (SSSR count). The summed E-state index contributed by atoms with van der Waals surface area (Å²) in [5, 5.41) is 17.3. The predicted molar refractivity (Wildman–Crippen MR) is 49.5 cm³/mol. The van der Waals surface area contributed by atoms with Gasteiger partial charge in [-0.25, -0.2) is 4.98 Å².